The molecule has 1 atom stereocenters. The average Bonchev–Trinajstić information content (AvgIpc) is 2.65. The number of nitrogens with zero attached hydrogens (tertiary/aromatic N) is 1. The first-order chi connectivity index (χ1) is 12.1. The van der Waals surface area contributed by atoms with Gasteiger partial charge in [0.15, 0.2) is 0 Å². The van der Waals surface area contributed by atoms with Crippen molar-refractivity contribution in [3.63, 3.8) is 0 Å². The molecule has 138 valence electrons. The highest BCUT2D eigenvalue weighted by molar-refractivity contribution is 5.78. The fourth-order valence-corrected chi connectivity index (χ4v) is 4.09. The first-order valence-electron chi connectivity index (χ1n) is 9.74. The molecule has 4 nitrogen and oxygen atoms in total. The molecule has 0 saturated carbocycles. The van der Waals surface area contributed by atoms with Crippen molar-refractivity contribution in [2.45, 2.75) is 52.0 Å². The highest BCUT2D eigenvalue weighted by atomic mass is 16.5. The number of aryl methyl sites for hydroxylation is 1. The van der Waals surface area contributed by atoms with Gasteiger partial charge < -0.3 is 15.0 Å². The van der Waals surface area contributed by atoms with Crippen LogP contribution in [0, 0.1) is 11.8 Å². The number of benzene rings is 1. The molecule has 1 aliphatic heterocycles. The Labute approximate surface area is 151 Å². The van der Waals surface area contributed by atoms with Crippen molar-refractivity contribution in [3.05, 3.63) is 29.3 Å². The zero-order valence-corrected chi connectivity index (χ0v) is 15.9. The van der Waals surface area contributed by atoms with Gasteiger partial charge in [-0.1, -0.05) is 19.9 Å². The largest absolute Gasteiger partial charge is 0.497 e. The molecule has 2 aliphatic rings. The summed E-state index contributed by atoms with van der Waals surface area (Å²) >= 11 is 0. The van der Waals surface area contributed by atoms with Crippen molar-refractivity contribution < 1.29 is 9.53 Å². The molecule has 1 saturated heterocycles. The van der Waals surface area contributed by atoms with E-state index in [-0.39, 0.29) is 5.92 Å². The van der Waals surface area contributed by atoms with Crippen molar-refractivity contribution in [2.24, 2.45) is 11.8 Å². The van der Waals surface area contributed by atoms with Crippen molar-refractivity contribution in [2.75, 3.05) is 26.7 Å². The zero-order valence-electron chi connectivity index (χ0n) is 15.9. The van der Waals surface area contributed by atoms with Gasteiger partial charge in [0.25, 0.3) is 0 Å². The molecule has 1 N–H and O–H groups in total. The van der Waals surface area contributed by atoms with Crippen LogP contribution < -0.4 is 10.1 Å². The number of rotatable bonds is 5. The molecule has 0 radical (unpaired) electrons. The molecule has 0 bridgehead atoms. The minimum atomic E-state index is 0.119. The maximum atomic E-state index is 12.1. The van der Waals surface area contributed by atoms with E-state index in [1.165, 1.54) is 17.5 Å². The summed E-state index contributed by atoms with van der Waals surface area (Å²) in [7, 11) is 1.73. The summed E-state index contributed by atoms with van der Waals surface area (Å²) in [4.78, 5) is 14.1. The minimum absolute atomic E-state index is 0.119. The SMILES string of the molecule is COc1ccc2c(c1)C[C@H](NCC1CCN(C(=O)C(C)C)CC1)CC2. The third-order valence-electron chi connectivity index (χ3n) is 5.76. The van der Waals surface area contributed by atoms with Crippen LogP contribution in [0.2, 0.25) is 0 Å². The second kappa shape index (κ2) is 8.22. The number of amides is 1. The highest BCUT2D eigenvalue weighted by Crippen LogP contribution is 2.26. The number of ether oxygens (including phenoxy) is 1. The van der Waals surface area contributed by atoms with E-state index in [2.05, 4.69) is 23.5 Å². The summed E-state index contributed by atoms with van der Waals surface area (Å²) in [6, 6.07) is 7.04. The van der Waals surface area contributed by atoms with Crippen molar-refractivity contribution in [1.82, 2.24) is 10.2 Å². The molecule has 1 aromatic rings. The van der Waals surface area contributed by atoms with Crippen molar-refractivity contribution in [3.8, 4) is 5.75 Å². The number of piperidine rings is 1. The summed E-state index contributed by atoms with van der Waals surface area (Å²) in [5.41, 5.74) is 2.90. The Morgan fingerprint density at radius 1 is 1.24 bits per heavy atom. The molecule has 1 heterocycles. The molecule has 1 amide bonds. The van der Waals surface area contributed by atoms with Gasteiger partial charge in [0.1, 0.15) is 5.75 Å². The van der Waals surface area contributed by atoms with E-state index < -0.39 is 0 Å². The summed E-state index contributed by atoms with van der Waals surface area (Å²) in [5, 5.41) is 3.79. The molecule has 0 spiro atoms. The number of fused-ring (bicyclic) bond motifs is 1. The Kier molecular flexibility index (Phi) is 6.00. The number of hydrogen-bond donors (Lipinski definition) is 1. The average molecular weight is 344 g/mol. The smallest absolute Gasteiger partial charge is 0.225 e. The Morgan fingerprint density at radius 3 is 2.68 bits per heavy atom. The van der Waals surface area contributed by atoms with E-state index in [1.807, 2.05) is 18.7 Å². The van der Waals surface area contributed by atoms with E-state index in [0.717, 1.165) is 51.1 Å². The van der Waals surface area contributed by atoms with Crippen LogP contribution in [-0.2, 0) is 17.6 Å². The molecule has 1 fully saturated rings. The van der Waals surface area contributed by atoms with E-state index in [9.17, 15) is 4.79 Å². The second-order valence-corrected chi connectivity index (χ2v) is 7.91. The van der Waals surface area contributed by atoms with E-state index >= 15 is 0 Å². The van der Waals surface area contributed by atoms with Crippen LogP contribution in [0.3, 0.4) is 0 Å². The first-order valence-corrected chi connectivity index (χ1v) is 9.74. The van der Waals surface area contributed by atoms with Gasteiger partial charge in [-0.2, -0.15) is 0 Å². The van der Waals surface area contributed by atoms with E-state index in [4.69, 9.17) is 4.74 Å². The number of carbonyl (C=O) groups excluding carboxylic acids is 1. The van der Waals surface area contributed by atoms with Gasteiger partial charge in [-0.05, 0) is 67.8 Å². The van der Waals surface area contributed by atoms with Gasteiger partial charge in [0.2, 0.25) is 5.91 Å². The molecular formula is C21H32N2O2. The van der Waals surface area contributed by atoms with Crippen molar-refractivity contribution in [1.29, 1.82) is 0 Å². The van der Waals surface area contributed by atoms with Crippen LogP contribution in [0.25, 0.3) is 0 Å². The zero-order chi connectivity index (χ0) is 17.8. The van der Waals surface area contributed by atoms with Crippen LogP contribution >= 0.6 is 0 Å². The standard InChI is InChI=1S/C21H32N2O2/c1-15(2)21(24)23-10-8-16(9-11-23)14-22-19-6-4-17-5-7-20(25-3)13-18(17)12-19/h5,7,13,15-16,19,22H,4,6,8-12,14H2,1-3H3/t19-/m1/s1. The van der Waals surface area contributed by atoms with Gasteiger partial charge in [0, 0.05) is 25.0 Å². The molecule has 3 rings (SSSR count). The molecule has 1 aromatic carbocycles. The van der Waals surface area contributed by atoms with Crippen LogP contribution in [0.4, 0.5) is 0 Å². The van der Waals surface area contributed by atoms with Crippen LogP contribution in [0.5, 0.6) is 5.75 Å². The summed E-state index contributed by atoms with van der Waals surface area (Å²) in [6.45, 7) is 6.91. The number of methoxy groups -OCH3 is 1. The van der Waals surface area contributed by atoms with Gasteiger partial charge in [-0.15, -0.1) is 0 Å². The second-order valence-electron chi connectivity index (χ2n) is 7.91. The lowest BCUT2D eigenvalue weighted by atomic mass is 9.87. The van der Waals surface area contributed by atoms with Gasteiger partial charge >= 0.3 is 0 Å². The molecule has 0 unspecified atom stereocenters. The van der Waals surface area contributed by atoms with Gasteiger partial charge in [-0.25, -0.2) is 0 Å². The molecule has 4 heteroatoms. The van der Waals surface area contributed by atoms with Gasteiger partial charge in [-0.3, -0.25) is 4.79 Å². The van der Waals surface area contributed by atoms with Crippen LogP contribution in [-0.4, -0.2) is 43.6 Å². The van der Waals surface area contributed by atoms with Crippen LogP contribution in [0.15, 0.2) is 18.2 Å². The van der Waals surface area contributed by atoms with E-state index in [0.29, 0.717) is 17.9 Å². The number of carbonyl (C=O) groups is 1. The van der Waals surface area contributed by atoms with Gasteiger partial charge in [0.05, 0.1) is 7.11 Å². The summed E-state index contributed by atoms with van der Waals surface area (Å²) in [5.74, 6) is 2.09. The quantitative estimate of drug-likeness (QED) is 0.893. The summed E-state index contributed by atoms with van der Waals surface area (Å²) in [6.07, 6.45) is 5.71. The Bertz CT molecular complexity index is 592. The topological polar surface area (TPSA) is 41.6 Å². The van der Waals surface area contributed by atoms with E-state index in [1.54, 1.807) is 7.11 Å². The Balaban J connectivity index is 1.45. The first kappa shape index (κ1) is 18.2. The minimum Gasteiger partial charge on any atom is -0.497 e. The predicted molar refractivity (Wildman–Crippen MR) is 101 cm³/mol. The monoisotopic (exact) mass is 344 g/mol. The Morgan fingerprint density at radius 2 is 2.00 bits per heavy atom. The number of nitrogens with one attached hydrogen (secondary N) is 1. The highest BCUT2D eigenvalue weighted by Gasteiger charge is 2.25. The normalized spacial score (nSPS) is 21.3. The molecule has 25 heavy (non-hydrogen) atoms. The van der Waals surface area contributed by atoms with Crippen LogP contribution in [0.1, 0.15) is 44.2 Å². The third-order valence-corrected chi connectivity index (χ3v) is 5.76. The number of likely N-dealkylation sites (tertiary alicyclic amines) is 1. The molecular weight excluding hydrogens is 312 g/mol. The number of hydrogen-bond acceptors (Lipinski definition) is 3. The lowest BCUT2D eigenvalue weighted by Crippen LogP contribution is -2.44. The lowest BCUT2D eigenvalue weighted by molar-refractivity contribution is -0.135. The summed E-state index contributed by atoms with van der Waals surface area (Å²) < 4.78 is 5.36. The lowest BCUT2D eigenvalue weighted by Gasteiger charge is -2.34. The fraction of sp³-hybridized carbons (Fsp3) is 0.667. The third kappa shape index (κ3) is 4.55. The predicted octanol–water partition coefficient (Wildman–Crippen LogP) is 3.04. The fourth-order valence-electron chi connectivity index (χ4n) is 4.09. The Hall–Kier alpha value is -1.55. The maximum Gasteiger partial charge on any atom is 0.225 e. The molecule has 0 aromatic heterocycles. The van der Waals surface area contributed by atoms with Crippen molar-refractivity contribution >= 4 is 5.91 Å². The molecule has 1 aliphatic carbocycles. The maximum absolute atomic E-state index is 12.1.